The van der Waals surface area contributed by atoms with E-state index in [4.69, 9.17) is 0 Å². The van der Waals surface area contributed by atoms with Crippen LogP contribution in [0.3, 0.4) is 0 Å². The van der Waals surface area contributed by atoms with Gasteiger partial charge in [-0.25, -0.2) is 0 Å². The Morgan fingerprint density at radius 1 is 1.15 bits per heavy atom. The number of aliphatic hydroxyl groups is 3. The maximum Gasteiger partial charge on any atom is 0.254 e. The summed E-state index contributed by atoms with van der Waals surface area (Å²) in [6.07, 6.45) is 12.6. The number of carbonyl (C=O) groups excluding carboxylic acids is 1. The second-order valence-corrected chi connectivity index (χ2v) is 13.0. The van der Waals surface area contributed by atoms with Crippen LogP contribution in [0.2, 0.25) is 0 Å². The van der Waals surface area contributed by atoms with Gasteiger partial charge < -0.3 is 20.2 Å². The summed E-state index contributed by atoms with van der Waals surface area (Å²) in [6.45, 7) is 9.12. The van der Waals surface area contributed by atoms with E-state index in [0.717, 1.165) is 49.7 Å². The van der Waals surface area contributed by atoms with Gasteiger partial charge in [0, 0.05) is 25.4 Å². The standard InChI is InChI=1S/C34H47NO4/c1-4-34(39)22-28(35(32(34)38)18-16-24-9-6-5-7-10-24)20-27-14-15-30-25(11-8-17-33(27,30)3)12-13-26-19-29(36)21-31(37)23(26)2/h5-7,9-10,12-13,27-31,36-37,39H,2,4,8,11,14-22H2,1,3H3/b25-12+,26-13-/t27?,28?,29-,30+,31+,33-,34?/m1/s1. The van der Waals surface area contributed by atoms with Crippen molar-refractivity contribution >= 4 is 5.91 Å². The van der Waals surface area contributed by atoms with Crippen molar-refractivity contribution in [1.29, 1.82) is 0 Å². The molecule has 1 saturated heterocycles. The van der Waals surface area contributed by atoms with Crippen LogP contribution in [-0.4, -0.2) is 56.5 Å². The molecular formula is C34H47NO4. The Morgan fingerprint density at radius 2 is 1.92 bits per heavy atom. The van der Waals surface area contributed by atoms with Gasteiger partial charge in [0.25, 0.3) is 5.91 Å². The van der Waals surface area contributed by atoms with Crippen LogP contribution in [0.4, 0.5) is 0 Å². The summed E-state index contributed by atoms with van der Waals surface area (Å²) in [5.74, 6) is 0.946. The van der Waals surface area contributed by atoms with Crippen molar-refractivity contribution in [3.63, 3.8) is 0 Å². The lowest BCUT2D eigenvalue weighted by molar-refractivity contribution is -0.144. The van der Waals surface area contributed by atoms with Crippen LogP contribution in [-0.2, 0) is 11.2 Å². The molecule has 0 aromatic heterocycles. The number of hydrogen-bond donors (Lipinski definition) is 3. The lowest BCUT2D eigenvalue weighted by atomic mass is 9.62. The molecule has 1 aromatic carbocycles. The van der Waals surface area contributed by atoms with E-state index in [1.165, 1.54) is 17.6 Å². The number of fused-ring (bicyclic) bond motifs is 1. The van der Waals surface area contributed by atoms with Crippen molar-refractivity contribution in [1.82, 2.24) is 4.90 Å². The zero-order valence-corrected chi connectivity index (χ0v) is 23.8. The summed E-state index contributed by atoms with van der Waals surface area (Å²) in [6, 6.07) is 10.4. The molecule has 3 unspecified atom stereocenters. The van der Waals surface area contributed by atoms with E-state index in [9.17, 15) is 20.1 Å². The molecule has 212 valence electrons. The van der Waals surface area contributed by atoms with E-state index in [0.29, 0.717) is 44.1 Å². The molecule has 0 radical (unpaired) electrons. The molecule has 5 heteroatoms. The Hall–Kier alpha value is -2.21. The maximum absolute atomic E-state index is 13.4. The van der Waals surface area contributed by atoms with Crippen LogP contribution in [0.25, 0.3) is 0 Å². The van der Waals surface area contributed by atoms with Gasteiger partial charge in [0.05, 0.1) is 12.2 Å². The number of aliphatic hydroxyl groups excluding tert-OH is 2. The lowest BCUT2D eigenvalue weighted by Gasteiger charge is -2.43. The monoisotopic (exact) mass is 533 g/mol. The highest BCUT2D eigenvalue weighted by molar-refractivity contribution is 5.87. The van der Waals surface area contributed by atoms with Gasteiger partial charge >= 0.3 is 0 Å². The molecule has 4 fully saturated rings. The third-order valence-corrected chi connectivity index (χ3v) is 10.7. The molecule has 5 rings (SSSR count). The number of nitrogens with zero attached hydrogens (tertiary/aromatic N) is 1. The number of carbonyl (C=O) groups is 1. The maximum atomic E-state index is 13.4. The first kappa shape index (κ1) is 28.3. The van der Waals surface area contributed by atoms with Crippen LogP contribution in [0.15, 0.2) is 65.8 Å². The van der Waals surface area contributed by atoms with E-state index in [1.54, 1.807) is 0 Å². The Morgan fingerprint density at radius 3 is 2.67 bits per heavy atom. The summed E-state index contributed by atoms with van der Waals surface area (Å²) in [5.41, 5.74) is 3.36. The van der Waals surface area contributed by atoms with Crippen molar-refractivity contribution in [2.24, 2.45) is 17.3 Å². The summed E-state index contributed by atoms with van der Waals surface area (Å²) in [4.78, 5) is 15.4. The fourth-order valence-corrected chi connectivity index (χ4v) is 8.23. The molecule has 3 N–H and O–H groups in total. The Labute approximate surface area is 234 Å². The Balaban J connectivity index is 1.32. The lowest BCUT2D eigenvalue weighted by Crippen LogP contribution is -2.42. The SMILES string of the molecule is C=C1/C(=C\C=C2/CCC[C@]3(C)C(CC4CC(O)(CC)C(=O)N4CCc4ccccc4)CC[C@@H]23)C[C@@H](O)C[C@@H]1O. The predicted octanol–water partition coefficient (Wildman–Crippen LogP) is 5.50. The first-order chi connectivity index (χ1) is 18.6. The number of allylic oxidation sites excluding steroid dienone is 3. The van der Waals surface area contributed by atoms with Crippen LogP contribution < -0.4 is 0 Å². The second-order valence-electron chi connectivity index (χ2n) is 13.0. The average Bonchev–Trinajstić information content (AvgIpc) is 3.38. The molecule has 39 heavy (non-hydrogen) atoms. The Kier molecular flexibility index (Phi) is 8.24. The molecule has 1 aromatic rings. The molecular weight excluding hydrogens is 486 g/mol. The van der Waals surface area contributed by atoms with Gasteiger partial charge in [-0.05, 0) is 91.7 Å². The van der Waals surface area contributed by atoms with E-state index in [1.807, 2.05) is 30.0 Å². The molecule has 1 amide bonds. The third kappa shape index (κ3) is 5.55. The zero-order valence-electron chi connectivity index (χ0n) is 23.8. The number of benzene rings is 1. The topological polar surface area (TPSA) is 81.0 Å². The largest absolute Gasteiger partial charge is 0.393 e. The van der Waals surface area contributed by atoms with Crippen LogP contribution in [0, 0.1) is 17.3 Å². The third-order valence-electron chi connectivity index (χ3n) is 10.7. The highest BCUT2D eigenvalue weighted by Gasteiger charge is 2.54. The minimum Gasteiger partial charge on any atom is -0.393 e. The van der Waals surface area contributed by atoms with E-state index >= 15 is 0 Å². The van der Waals surface area contributed by atoms with Gasteiger partial charge in [-0.1, -0.05) is 68.5 Å². The summed E-state index contributed by atoms with van der Waals surface area (Å²) in [5, 5.41) is 31.6. The van der Waals surface area contributed by atoms with E-state index < -0.39 is 17.8 Å². The highest BCUT2D eigenvalue weighted by atomic mass is 16.3. The van der Waals surface area contributed by atoms with Gasteiger partial charge in [0.2, 0.25) is 0 Å². The number of amides is 1. The fourth-order valence-electron chi connectivity index (χ4n) is 8.23. The minimum atomic E-state index is -1.23. The van der Waals surface area contributed by atoms with Gasteiger partial charge in [-0.3, -0.25) is 4.79 Å². The predicted molar refractivity (Wildman–Crippen MR) is 155 cm³/mol. The molecule has 1 heterocycles. The number of hydrogen-bond acceptors (Lipinski definition) is 4. The van der Waals surface area contributed by atoms with Gasteiger partial charge in [0.15, 0.2) is 0 Å². The van der Waals surface area contributed by atoms with Crippen molar-refractivity contribution in [3.05, 3.63) is 71.3 Å². The second kappa shape index (κ2) is 11.3. The molecule has 1 aliphatic heterocycles. The summed E-state index contributed by atoms with van der Waals surface area (Å²) >= 11 is 0. The number of rotatable bonds is 7. The molecule has 4 aliphatic rings. The quantitative estimate of drug-likeness (QED) is 0.432. The van der Waals surface area contributed by atoms with Crippen molar-refractivity contribution in [2.75, 3.05) is 6.54 Å². The normalized spacial score (nSPS) is 39.1. The van der Waals surface area contributed by atoms with Crippen LogP contribution in [0.1, 0.15) is 83.6 Å². The zero-order chi connectivity index (χ0) is 27.8. The van der Waals surface area contributed by atoms with Gasteiger partial charge in [0.1, 0.15) is 5.60 Å². The molecule has 5 nitrogen and oxygen atoms in total. The van der Waals surface area contributed by atoms with Crippen molar-refractivity contribution in [3.8, 4) is 0 Å². The van der Waals surface area contributed by atoms with Gasteiger partial charge in [-0.2, -0.15) is 0 Å². The Bertz CT molecular complexity index is 1130. The van der Waals surface area contributed by atoms with Gasteiger partial charge in [-0.15, -0.1) is 0 Å². The minimum absolute atomic E-state index is 0.0803. The fraction of sp³-hybridized carbons (Fsp3) is 0.618. The van der Waals surface area contributed by atoms with E-state index in [-0.39, 0.29) is 17.4 Å². The first-order valence-corrected chi connectivity index (χ1v) is 15.2. The molecule has 0 spiro atoms. The number of likely N-dealkylation sites (tertiary alicyclic amines) is 1. The molecule has 3 saturated carbocycles. The van der Waals surface area contributed by atoms with E-state index in [2.05, 4.69) is 37.8 Å². The summed E-state index contributed by atoms with van der Waals surface area (Å²) in [7, 11) is 0. The first-order valence-electron chi connectivity index (χ1n) is 15.2. The highest BCUT2D eigenvalue weighted by Crippen LogP contribution is 2.59. The average molecular weight is 534 g/mol. The molecule has 0 bridgehead atoms. The smallest absolute Gasteiger partial charge is 0.254 e. The molecule has 7 atom stereocenters. The van der Waals surface area contributed by atoms with Crippen LogP contribution >= 0.6 is 0 Å². The van der Waals surface area contributed by atoms with Crippen molar-refractivity contribution < 1.29 is 20.1 Å². The van der Waals surface area contributed by atoms with Crippen LogP contribution in [0.5, 0.6) is 0 Å². The molecule has 3 aliphatic carbocycles. The summed E-state index contributed by atoms with van der Waals surface area (Å²) < 4.78 is 0. The van der Waals surface area contributed by atoms with Crippen molar-refractivity contribution in [2.45, 2.75) is 108 Å².